The van der Waals surface area contributed by atoms with E-state index in [0.29, 0.717) is 5.78 Å². The summed E-state index contributed by atoms with van der Waals surface area (Å²) in [5.41, 5.74) is -0.255. The highest BCUT2D eigenvalue weighted by Gasteiger charge is 2.31. The second-order valence-electron chi connectivity index (χ2n) is 5.57. The predicted molar refractivity (Wildman–Crippen MR) is 74.4 cm³/mol. The largest absolute Gasteiger partial charge is 0.297 e. The smallest absolute Gasteiger partial charge is 0.155 e. The topological polar surface area (TPSA) is 29.1 Å². The highest BCUT2D eigenvalue weighted by molar-refractivity contribution is 14.1. The van der Waals surface area contributed by atoms with Crippen molar-refractivity contribution < 1.29 is 4.79 Å². The van der Waals surface area contributed by atoms with Crippen LogP contribution >= 0.6 is 22.6 Å². The van der Waals surface area contributed by atoms with Crippen molar-refractivity contribution in [3.8, 4) is 0 Å². The van der Waals surface area contributed by atoms with Crippen molar-refractivity contribution in [2.75, 3.05) is 0 Å². The van der Waals surface area contributed by atoms with Crippen LogP contribution in [0.4, 0.5) is 0 Å². The molecule has 0 saturated heterocycles. The summed E-state index contributed by atoms with van der Waals surface area (Å²) in [7, 11) is 0. The van der Waals surface area contributed by atoms with Gasteiger partial charge in [-0.3, -0.25) is 10.1 Å². The average molecular weight is 325 g/mol. The van der Waals surface area contributed by atoms with Gasteiger partial charge < -0.3 is 0 Å². The second-order valence-corrected chi connectivity index (χ2v) is 8.27. The summed E-state index contributed by atoms with van der Waals surface area (Å²) < 4.78 is -0.0293. The number of alkyl halides is 1. The summed E-state index contributed by atoms with van der Waals surface area (Å²) in [6, 6.07) is -0.0121. The first-order valence-corrected chi connectivity index (χ1v) is 6.66. The van der Waals surface area contributed by atoms with E-state index >= 15 is 0 Å². The van der Waals surface area contributed by atoms with Crippen molar-refractivity contribution in [2.45, 2.75) is 64.0 Å². The molecule has 0 fully saturated rings. The maximum absolute atomic E-state index is 12.2. The van der Waals surface area contributed by atoms with Gasteiger partial charge in [0.05, 0.1) is 9.59 Å². The standard InChI is InChI=1S/C12H24INO/c1-7-8-9(14-12(5,6)13)10(15)11(2,3)4/h9,14H,7-8H2,1-6H3. The van der Waals surface area contributed by atoms with Crippen molar-refractivity contribution in [1.29, 1.82) is 0 Å². The van der Waals surface area contributed by atoms with Crippen LogP contribution in [0.15, 0.2) is 0 Å². The van der Waals surface area contributed by atoms with E-state index in [0.717, 1.165) is 12.8 Å². The van der Waals surface area contributed by atoms with E-state index in [1.165, 1.54) is 0 Å². The van der Waals surface area contributed by atoms with Crippen LogP contribution in [0.5, 0.6) is 0 Å². The fraction of sp³-hybridized carbons (Fsp3) is 0.917. The van der Waals surface area contributed by atoms with E-state index in [1.54, 1.807) is 0 Å². The molecule has 90 valence electrons. The van der Waals surface area contributed by atoms with E-state index in [9.17, 15) is 4.79 Å². The van der Waals surface area contributed by atoms with Crippen LogP contribution in [0, 0.1) is 5.41 Å². The number of hydrogen-bond acceptors (Lipinski definition) is 2. The molecule has 0 heterocycles. The number of Topliss-reactive ketones (excluding diaryl/α,β-unsaturated/α-hetero) is 1. The van der Waals surface area contributed by atoms with Crippen LogP contribution in [-0.4, -0.2) is 15.4 Å². The Hall–Kier alpha value is 0.360. The summed E-state index contributed by atoms with van der Waals surface area (Å²) in [5.74, 6) is 0.314. The monoisotopic (exact) mass is 325 g/mol. The minimum Gasteiger partial charge on any atom is -0.297 e. The van der Waals surface area contributed by atoms with Gasteiger partial charge in [-0.1, -0.05) is 56.7 Å². The summed E-state index contributed by atoms with van der Waals surface area (Å²) in [4.78, 5) is 12.2. The molecule has 2 nitrogen and oxygen atoms in total. The van der Waals surface area contributed by atoms with Gasteiger partial charge >= 0.3 is 0 Å². The third-order valence-electron chi connectivity index (χ3n) is 2.15. The molecule has 0 aromatic heterocycles. The zero-order valence-corrected chi connectivity index (χ0v) is 12.9. The van der Waals surface area contributed by atoms with Gasteiger partial charge in [0.25, 0.3) is 0 Å². The lowest BCUT2D eigenvalue weighted by Crippen LogP contribution is -2.49. The Labute approximate surface area is 108 Å². The van der Waals surface area contributed by atoms with Crippen LogP contribution in [0.25, 0.3) is 0 Å². The Bertz CT molecular complexity index is 213. The van der Waals surface area contributed by atoms with Crippen molar-refractivity contribution >= 4 is 28.4 Å². The third kappa shape index (κ3) is 6.51. The minimum atomic E-state index is -0.255. The Morgan fingerprint density at radius 3 is 2.00 bits per heavy atom. The van der Waals surface area contributed by atoms with Gasteiger partial charge in [-0.25, -0.2) is 0 Å². The zero-order valence-electron chi connectivity index (χ0n) is 10.8. The number of ketones is 1. The summed E-state index contributed by atoms with van der Waals surface area (Å²) in [5, 5.41) is 3.40. The lowest BCUT2D eigenvalue weighted by molar-refractivity contribution is -0.128. The molecule has 0 aromatic carbocycles. The molecular formula is C12H24INO. The number of rotatable bonds is 5. The zero-order chi connectivity index (χ0) is 12.3. The van der Waals surface area contributed by atoms with Crippen LogP contribution in [0.2, 0.25) is 0 Å². The second kappa shape index (κ2) is 5.62. The summed E-state index contributed by atoms with van der Waals surface area (Å²) in [6.07, 6.45) is 1.95. The van der Waals surface area contributed by atoms with Crippen molar-refractivity contribution in [1.82, 2.24) is 5.32 Å². The van der Waals surface area contributed by atoms with Crippen LogP contribution in [0.1, 0.15) is 54.4 Å². The summed E-state index contributed by atoms with van der Waals surface area (Å²) >= 11 is 2.33. The molecule has 0 aliphatic rings. The van der Waals surface area contributed by atoms with E-state index < -0.39 is 0 Å². The molecule has 1 N–H and O–H groups in total. The quantitative estimate of drug-likeness (QED) is 0.476. The van der Waals surface area contributed by atoms with Gasteiger partial charge in [0.1, 0.15) is 0 Å². The Morgan fingerprint density at radius 1 is 1.27 bits per heavy atom. The molecule has 0 aromatic rings. The van der Waals surface area contributed by atoms with Gasteiger partial charge in [0.2, 0.25) is 0 Å². The number of halogens is 1. The Kier molecular flexibility index (Phi) is 5.75. The maximum Gasteiger partial charge on any atom is 0.155 e. The number of nitrogens with one attached hydrogen (secondary N) is 1. The summed E-state index contributed by atoms with van der Waals surface area (Å²) in [6.45, 7) is 12.3. The molecule has 3 heteroatoms. The van der Waals surface area contributed by atoms with Gasteiger partial charge in [0.15, 0.2) is 5.78 Å². The van der Waals surface area contributed by atoms with Crippen molar-refractivity contribution in [3.63, 3.8) is 0 Å². The number of hydrogen-bond donors (Lipinski definition) is 1. The molecular weight excluding hydrogens is 301 g/mol. The highest BCUT2D eigenvalue weighted by atomic mass is 127. The first-order valence-electron chi connectivity index (χ1n) is 5.59. The molecule has 0 aliphatic carbocycles. The molecule has 15 heavy (non-hydrogen) atoms. The Morgan fingerprint density at radius 2 is 1.73 bits per heavy atom. The molecule has 0 radical (unpaired) electrons. The number of carbonyl (C=O) groups excluding carboxylic acids is 1. The molecule has 0 rings (SSSR count). The van der Waals surface area contributed by atoms with Gasteiger partial charge in [-0.05, 0) is 20.3 Å². The molecule has 1 atom stereocenters. The fourth-order valence-corrected chi connectivity index (χ4v) is 1.87. The van der Waals surface area contributed by atoms with E-state index in [2.05, 4.69) is 48.7 Å². The Balaban J connectivity index is 4.60. The lowest BCUT2D eigenvalue weighted by atomic mass is 9.85. The van der Waals surface area contributed by atoms with Gasteiger partial charge in [0, 0.05) is 5.41 Å². The van der Waals surface area contributed by atoms with Crippen molar-refractivity contribution in [3.05, 3.63) is 0 Å². The SMILES string of the molecule is CCCC(NC(C)(C)I)C(=O)C(C)(C)C. The van der Waals surface area contributed by atoms with E-state index in [4.69, 9.17) is 0 Å². The van der Waals surface area contributed by atoms with Gasteiger partial charge in [-0.15, -0.1) is 0 Å². The minimum absolute atomic E-state index is 0.0121. The maximum atomic E-state index is 12.2. The van der Waals surface area contributed by atoms with Crippen molar-refractivity contribution in [2.24, 2.45) is 5.41 Å². The normalized spacial score (nSPS) is 15.1. The van der Waals surface area contributed by atoms with Gasteiger partial charge in [-0.2, -0.15) is 0 Å². The average Bonchev–Trinajstić information content (AvgIpc) is 1.98. The molecule has 0 bridgehead atoms. The molecule has 0 saturated carbocycles. The predicted octanol–water partition coefficient (Wildman–Crippen LogP) is 3.53. The fourth-order valence-electron chi connectivity index (χ4n) is 1.49. The molecule has 0 amide bonds. The van der Waals surface area contributed by atoms with E-state index in [-0.39, 0.29) is 15.0 Å². The van der Waals surface area contributed by atoms with Crippen LogP contribution in [0.3, 0.4) is 0 Å². The highest BCUT2D eigenvalue weighted by Crippen LogP contribution is 2.22. The third-order valence-corrected chi connectivity index (χ3v) is 2.46. The van der Waals surface area contributed by atoms with Crippen LogP contribution in [-0.2, 0) is 4.79 Å². The first-order chi connectivity index (χ1) is 6.58. The molecule has 1 unspecified atom stereocenters. The lowest BCUT2D eigenvalue weighted by Gasteiger charge is -2.30. The molecule has 0 aliphatic heterocycles. The van der Waals surface area contributed by atoms with Crippen LogP contribution < -0.4 is 5.32 Å². The number of carbonyl (C=O) groups is 1. The first kappa shape index (κ1) is 15.4. The van der Waals surface area contributed by atoms with E-state index in [1.807, 2.05) is 20.8 Å². The molecule has 0 spiro atoms.